The molecule has 0 radical (unpaired) electrons. The fourth-order valence-electron chi connectivity index (χ4n) is 1.65. The highest BCUT2D eigenvalue weighted by Gasteiger charge is 2.33. The first kappa shape index (κ1) is 13.1. The zero-order valence-corrected chi connectivity index (χ0v) is 10.5. The Balaban J connectivity index is 2.99. The number of nitrogens with zero attached hydrogens (tertiary/aromatic N) is 2. The molecule has 1 unspecified atom stereocenters. The minimum absolute atomic E-state index is 0.151. The van der Waals surface area contributed by atoms with Crippen LogP contribution in [0.2, 0.25) is 0 Å². The lowest BCUT2D eigenvalue weighted by atomic mass is 9.82. The second kappa shape index (κ2) is 5.41. The fourth-order valence-corrected chi connectivity index (χ4v) is 1.65. The van der Waals surface area contributed by atoms with E-state index in [9.17, 15) is 0 Å². The van der Waals surface area contributed by atoms with E-state index in [-0.39, 0.29) is 11.5 Å². The summed E-state index contributed by atoms with van der Waals surface area (Å²) in [7, 11) is 1.62. The van der Waals surface area contributed by atoms with Crippen LogP contribution in [0.15, 0.2) is 4.52 Å². The van der Waals surface area contributed by atoms with E-state index in [1.807, 2.05) is 6.92 Å². The SMILES string of the molecule is CCC(CC)(CN)c1nc(C(C)OC)no1. The van der Waals surface area contributed by atoms with Gasteiger partial charge in [0.05, 0.1) is 5.41 Å². The number of ether oxygens (including phenoxy) is 1. The molecule has 0 saturated carbocycles. The monoisotopic (exact) mass is 227 g/mol. The van der Waals surface area contributed by atoms with Crippen LogP contribution in [-0.2, 0) is 10.2 Å². The van der Waals surface area contributed by atoms with E-state index in [1.54, 1.807) is 7.11 Å². The Morgan fingerprint density at radius 1 is 1.44 bits per heavy atom. The number of hydrogen-bond donors (Lipinski definition) is 1. The zero-order chi connectivity index (χ0) is 12.2. The van der Waals surface area contributed by atoms with Crippen molar-refractivity contribution in [2.45, 2.75) is 45.1 Å². The van der Waals surface area contributed by atoms with E-state index in [1.165, 1.54) is 0 Å². The summed E-state index contributed by atoms with van der Waals surface area (Å²) in [6, 6.07) is 0. The normalized spacial score (nSPS) is 14.1. The van der Waals surface area contributed by atoms with Gasteiger partial charge in [-0.1, -0.05) is 19.0 Å². The third-order valence-corrected chi connectivity index (χ3v) is 3.36. The molecular formula is C11H21N3O2. The highest BCUT2D eigenvalue weighted by atomic mass is 16.5. The van der Waals surface area contributed by atoms with E-state index in [0.29, 0.717) is 18.3 Å². The van der Waals surface area contributed by atoms with Crippen LogP contribution in [0.1, 0.15) is 51.4 Å². The van der Waals surface area contributed by atoms with Crippen molar-refractivity contribution in [2.24, 2.45) is 5.73 Å². The molecule has 1 atom stereocenters. The number of nitrogens with two attached hydrogens (primary N) is 1. The van der Waals surface area contributed by atoms with Gasteiger partial charge >= 0.3 is 0 Å². The molecule has 0 aliphatic heterocycles. The Morgan fingerprint density at radius 3 is 2.50 bits per heavy atom. The van der Waals surface area contributed by atoms with Gasteiger partial charge in [-0.25, -0.2) is 0 Å². The van der Waals surface area contributed by atoms with Crippen LogP contribution in [0.25, 0.3) is 0 Å². The van der Waals surface area contributed by atoms with Gasteiger partial charge in [0.2, 0.25) is 5.89 Å². The maximum absolute atomic E-state index is 5.82. The van der Waals surface area contributed by atoms with E-state index < -0.39 is 0 Å². The number of methoxy groups -OCH3 is 1. The molecule has 0 spiro atoms. The van der Waals surface area contributed by atoms with Crippen LogP contribution in [0, 0.1) is 0 Å². The standard InChI is InChI=1S/C11H21N3O2/c1-5-11(6-2,7-12)10-13-9(14-16-10)8(3)15-4/h8H,5-7,12H2,1-4H3. The Labute approximate surface area is 96.4 Å². The molecule has 0 aliphatic carbocycles. The lowest BCUT2D eigenvalue weighted by Gasteiger charge is -2.24. The Bertz CT molecular complexity index is 313. The quantitative estimate of drug-likeness (QED) is 0.802. The predicted octanol–water partition coefficient (Wildman–Crippen LogP) is 1.79. The summed E-state index contributed by atoms with van der Waals surface area (Å²) in [5, 5.41) is 3.93. The van der Waals surface area contributed by atoms with Gasteiger partial charge < -0.3 is 15.0 Å². The molecule has 0 saturated heterocycles. The minimum atomic E-state index is -0.196. The highest BCUT2D eigenvalue weighted by Crippen LogP contribution is 2.29. The van der Waals surface area contributed by atoms with Gasteiger partial charge in [0.1, 0.15) is 6.10 Å². The van der Waals surface area contributed by atoms with Crippen molar-refractivity contribution in [3.05, 3.63) is 11.7 Å². The molecule has 1 aromatic rings. The predicted molar refractivity (Wildman–Crippen MR) is 61.0 cm³/mol. The van der Waals surface area contributed by atoms with Crippen LogP contribution < -0.4 is 5.73 Å². The van der Waals surface area contributed by atoms with Crippen LogP contribution in [0.5, 0.6) is 0 Å². The van der Waals surface area contributed by atoms with Gasteiger partial charge in [-0.3, -0.25) is 0 Å². The summed E-state index contributed by atoms with van der Waals surface area (Å²) in [6.45, 7) is 6.57. The van der Waals surface area contributed by atoms with Crippen LogP contribution >= 0.6 is 0 Å². The van der Waals surface area contributed by atoms with E-state index in [2.05, 4.69) is 24.0 Å². The number of hydrogen-bond acceptors (Lipinski definition) is 5. The molecule has 5 heteroatoms. The van der Waals surface area contributed by atoms with Gasteiger partial charge in [-0.15, -0.1) is 0 Å². The summed E-state index contributed by atoms with van der Waals surface area (Å²) in [4.78, 5) is 4.38. The second-order valence-corrected chi connectivity index (χ2v) is 4.03. The smallest absolute Gasteiger partial charge is 0.234 e. The van der Waals surface area contributed by atoms with E-state index in [0.717, 1.165) is 12.8 Å². The maximum Gasteiger partial charge on any atom is 0.234 e. The summed E-state index contributed by atoms with van der Waals surface area (Å²) in [6.07, 6.45) is 1.63. The molecule has 2 N–H and O–H groups in total. The maximum atomic E-state index is 5.82. The van der Waals surface area contributed by atoms with Gasteiger partial charge in [0, 0.05) is 13.7 Å². The van der Waals surface area contributed by atoms with Gasteiger partial charge in [-0.05, 0) is 19.8 Å². The van der Waals surface area contributed by atoms with Gasteiger partial charge in [0.15, 0.2) is 5.82 Å². The molecule has 0 aromatic carbocycles. The largest absolute Gasteiger partial charge is 0.374 e. The topological polar surface area (TPSA) is 74.2 Å². The molecular weight excluding hydrogens is 206 g/mol. The average molecular weight is 227 g/mol. The Hall–Kier alpha value is -0.940. The highest BCUT2D eigenvalue weighted by molar-refractivity contribution is 5.06. The Kier molecular flexibility index (Phi) is 4.44. The fraction of sp³-hybridized carbons (Fsp3) is 0.818. The third-order valence-electron chi connectivity index (χ3n) is 3.36. The minimum Gasteiger partial charge on any atom is -0.374 e. The third kappa shape index (κ3) is 2.25. The molecule has 16 heavy (non-hydrogen) atoms. The Morgan fingerprint density at radius 2 is 2.06 bits per heavy atom. The van der Waals surface area contributed by atoms with E-state index >= 15 is 0 Å². The van der Waals surface area contributed by atoms with Crippen molar-refractivity contribution in [2.75, 3.05) is 13.7 Å². The molecule has 0 amide bonds. The molecule has 0 aliphatic rings. The van der Waals surface area contributed by atoms with Crippen molar-refractivity contribution in [1.82, 2.24) is 10.1 Å². The summed E-state index contributed by atoms with van der Waals surface area (Å²) < 4.78 is 10.5. The van der Waals surface area contributed by atoms with Crippen LogP contribution in [0.4, 0.5) is 0 Å². The van der Waals surface area contributed by atoms with E-state index in [4.69, 9.17) is 15.0 Å². The number of rotatable bonds is 6. The average Bonchev–Trinajstić information content (AvgIpc) is 2.81. The lowest BCUT2D eigenvalue weighted by molar-refractivity contribution is 0.109. The molecule has 0 fully saturated rings. The van der Waals surface area contributed by atoms with Crippen molar-refractivity contribution >= 4 is 0 Å². The first-order chi connectivity index (χ1) is 7.63. The zero-order valence-electron chi connectivity index (χ0n) is 10.5. The molecule has 5 nitrogen and oxygen atoms in total. The van der Waals surface area contributed by atoms with Crippen LogP contribution in [0.3, 0.4) is 0 Å². The molecule has 0 bridgehead atoms. The summed E-state index contributed by atoms with van der Waals surface area (Å²) >= 11 is 0. The molecule has 1 rings (SSSR count). The van der Waals surface area contributed by atoms with Crippen molar-refractivity contribution < 1.29 is 9.26 Å². The first-order valence-electron chi connectivity index (χ1n) is 5.70. The van der Waals surface area contributed by atoms with Gasteiger partial charge in [-0.2, -0.15) is 4.98 Å². The van der Waals surface area contributed by atoms with Crippen molar-refractivity contribution in [3.63, 3.8) is 0 Å². The number of aromatic nitrogens is 2. The molecule has 1 heterocycles. The van der Waals surface area contributed by atoms with Crippen molar-refractivity contribution in [3.8, 4) is 0 Å². The summed E-state index contributed by atoms with van der Waals surface area (Å²) in [5.41, 5.74) is 5.62. The lowest BCUT2D eigenvalue weighted by Crippen LogP contribution is -2.34. The first-order valence-corrected chi connectivity index (χ1v) is 5.70. The second-order valence-electron chi connectivity index (χ2n) is 4.03. The van der Waals surface area contributed by atoms with Gasteiger partial charge in [0.25, 0.3) is 0 Å². The molecule has 1 aromatic heterocycles. The molecule has 92 valence electrons. The summed E-state index contributed by atoms with van der Waals surface area (Å²) in [5.74, 6) is 1.20. The van der Waals surface area contributed by atoms with Crippen LogP contribution in [-0.4, -0.2) is 23.8 Å². The van der Waals surface area contributed by atoms with Crippen molar-refractivity contribution in [1.29, 1.82) is 0 Å².